The van der Waals surface area contributed by atoms with Crippen molar-refractivity contribution in [3.63, 3.8) is 0 Å². The lowest BCUT2D eigenvalue weighted by Gasteiger charge is -2.23. The smallest absolute Gasteiger partial charge is 0.338 e. The Balaban J connectivity index is 3.52. The van der Waals surface area contributed by atoms with Crippen molar-refractivity contribution in [2.24, 2.45) is 0 Å². The Kier molecular flexibility index (Phi) is 3.58. The van der Waals surface area contributed by atoms with Gasteiger partial charge in [-0.05, 0) is 17.5 Å². The first-order chi connectivity index (χ1) is 7.29. The molecule has 0 saturated heterocycles. The Labute approximate surface area is 99.4 Å². The number of methoxy groups -OCH3 is 1. The van der Waals surface area contributed by atoms with E-state index < -0.39 is 17.2 Å². The van der Waals surface area contributed by atoms with Crippen LogP contribution in [0.4, 0.5) is 4.39 Å². The van der Waals surface area contributed by atoms with Crippen LogP contribution in [-0.4, -0.2) is 13.1 Å². The molecule has 0 aliphatic carbocycles. The minimum Gasteiger partial charge on any atom is -0.465 e. The zero-order valence-corrected chi connectivity index (χ0v) is 10.5. The second-order valence-electron chi connectivity index (χ2n) is 4.53. The molecule has 1 rings (SSSR count). The van der Waals surface area contributed by atoms with Gasteiger partial charge in [-0.15, -0.1) is 0 Å². The molecule has 16 heavy (non-hydrogen) atoms. The highest BCUT2D eigenvalue weighted by Gasteiger charge is 2.27. The predicted octanol–water partition coefficient (Wildman–Crippen LogP) is 3.56. The topological polar surface area (TPSA) is 26.3 Å². The van der Waals surface area contributed by atoms with E-state index in [9.17, 15) is 9.18 Å². The molecule has 0 atom stereocenters. The molecule has 0 saturated carbocycles. The fourth-order valence-corrected chi connectivity index (χ4v) is 1.72. The second-order valence-corrected chi connectivity index (χ2v) is 4.93. The van der Waals surface area contributed by atoms with Crippen LogP contribution in [0.5, 0.6) is 0 Å². The summed E-state index contributed by atoms with van der Waals surface area (Å²) in [5.41, 5.74) is -0.0119. The van der Waals surface area contributed by atoms with E-state index in [-0.39, 0.29) is 16.1 Å². The molecule has 2 nitrogen and oxygen atoms in total. The van der Waals surface area contributed by atoms with Gasteiger partial charge in [-0.3, -0.25) is 0 Å². The largest absolute Gasteiger partial charge is 0.465 e. The quantitative estimate of drug-likeness (QED) is 0.706. The van der Waals surface area contributed by atoms with Gasteiger partial charge in [0.1, 0.15) is 5.82 Å². The van der Waals surface area contributed by atoms with Gasteiger partial charge >= 0.3 is 5.97 Å². The fraction of sp³-hybridized carbons (Fsp3) is 0.417. The van der Waals surface area contributed by atoms with Crippen molar-refractivity contribution in [2.75, 3.05) is 7.11 Å². The molecule has 88 valence electrons. The molecule has 1 aromatic carbocycles. The molecule has 0 aliphatic heterocycles. The molecule has 0 bridgehead atoms. The van der Waals surface area contributed by atoms with Crippen molar-refractivity contribution in [3.05, 3.63) is 34.1 Å². The van der Waals surface area contributed by atoms with Gasteiger partial charge in [0.05, 0.1) is 17.7 Å². The minimum absolute atomic E-state index is 0.0116. The van der Waals surface area contributed by atoms with Crippen LogP contribution in [0.3, 0.4) is 0 Å². The maximum atomic E-state index is 13.9. The zero-order valence-electron chi connectivity index (χ0n) is 9.73. The summed E-state index contributed by atoms with van der Waals surface area (Å²) in [6.07, 6.45) is 0. The lowest BCUT2D eigenvalue weighted by molar-refractivity contribution is 0.0597. The Morgan fingerprint density at radius 2 is 1.94 bits per heavy atom. The van der Waals surface area contributed by atoms with E-state index in [0.717, 1.165) is 0 Å². The highest BCUT2D eigenvalue weighted by molar-refractivity contribution is 6.31. The molecule has 0 radical (unpaired) electrons. The molecule has 4 heteroatoms. The second kappa shape index (κ2) is 4.42. The number of benzene rings is 1. The van der Waals surface area contributed by atoms with Gasteiger partial charge in [-0.25, -0.2) is 9.18 Å². The van der Waals surface area contributed by atoms with Crippen molar-refractivity contribution in [1.29, 1.82) is 0 Å². The van der Waals surface area contributed by atoms with Crippen molar-refractivity contribution < 1.29 is 13.9 Å². The van der Waals surface area contributed by atoms with E-state index in [1.54, 1.807) is 0 Å². The van der Waals surface area contributed by atoms with Gasteiger partial charge in [0.15, 0.2) is 0 Å². The molecule has 0 amide bonds. The normalized spacial score (nSPS) is 11.4. The van der Waals surface area contributed by atoms with E-state index >= 15 is 0 Å². The SMILES string of the molecule is COC(=O)c1ccc(Cl)c(F)c1C(C)(C)C. The van der Waals surface area contributed by atoms with E-state index in [4.69, 9.17) is 11.6 Å². The number of carbonyl (C=O) groups excluding carboxylic acids is 1. The summed E-state index contributed by atoms with van der Waals surface area (Å²) in [6.45, 7) is 5.44. The average Bonchev–Trinajstić information content (AvgIpc) is 2.18. The van der Waals surface area contributed by atoms with Gasteiger partial charge in [0.2, 0.25) is 0 Å². The summed E-state index contributed by atoms with van der Waals surface area (Å²) in [5, 5.41) is 0.0116. The van der Waals surface area contributed by atoms with Gasteiger partial charge in [0.25, 0.3) is 0 Å². The number of rotatable bonds is 1. The maximum Gasteiger partial charge on any atom is 0.338 e. The number of halogens is 2. The third-order valence-corrected chi connectivity index (χ3v) is 2.54. The van der Waals surface area contributed by atoms with Crippen LogP contribution in [0.2, 0.25) is 5.02 Å². The number of carbonyl (C=O) groups is 1. The van der Waals surface area contributed by atoms with Crippen molar-refractivity contribution in [2.45, 2.75) is 26.2 Å². The Morgan fingerprint density at radius 1 is 1.38 bits per heavy atom. The minimum atomic E-state index is -0.558. The van der Waals surface area contributed by atoms with Crippen LogP contribution in [0.15, 0.2) is 12.1 Å². The van der Waals surface area contributed by atoms with Gasteiger partial charge in [-0.1, -0.05) is 32.4 Å². The maximum absolute atomic E-state index is 13.9. The summed E-state index contributed by atoms with van der Waals surface area (Å²) >= 11 is 5.71. The summed E-state index contributed by atoms with van der Waals surface area (Å²) in [7, 11) is 1.27. The highest BCUT2D eigenvalue weighted by atomic mass is 35.5. The molecule has 1 aromatic rings. The standard InChI is InChI=1S/C12H14ClFO2/c1-12(2,3)9-7(11(15)16-4)5-6-8(13)10(9)14/h5-6H,1-4H3. The van der Waals surface area contributed by atoms with Crippen molar-refractivity contribution in [3.8, 4) is 0 Å². The molecule has 0 spiro atoms. The molecule has 0 N–H and O–H groups in total. The van der Waals surface area contributed by atoms with Crippen molar-refractivity contribution >= 4 is 17.6 Å². The van der Waals surface area contributed by atoms with Gasteiger partial charge in [-0.2, -0.15) is 0 Å². The van der Waals surface area contributed by atoms with Gasteiger partial charge in [0, 0.05) is 5.56 Å². The van der Waals surface area contributed by atoms with Crippen LogP contribution in [-0.2, 0) is 10.2 Å². The first-order valence-electron chi connectivity index (χ1n) is 4.86. The highest BCUT2D eigenvalue weighted by Crippen LogP contribution is 2.32. The molecular weight excluding hydrogens is 231 g/mol. The number of hydrogen-bond donors (Lipinski definition) is 0. The molecular formula is C12H14ClFO2. The van der Waals surface area contributed by atoms with Crippen LogP contribution < -0.4 is 0 Å². The summed E-state index contributed by atoms with van der Waals surface area (Å²) < 4.78 is 18.5. The first-order valence-corrected chi connectivity index (χ1v) is 5.23. The van der Waals surface area contributed by atoms with Crippen molar-refractivity contribution in [1.82, 2.24) is 0 Å². The molecule has 0 aromatic heterocycles. The lowest BCUT2D eigenvalue weighted by atomic mass is 9.83. The average molecular weight is 245 g/mol. The van der Waals surface area contributed by atoms with Gasteiger partial charge < -0.3 is 4.74 Å². The summed E-state index contributed by atoms with van der Waals surface area (Å²) in [5.74, 6) is -1.11. The molecule has 0 fully saturated rings. The van der Waals surface area contributed by atoms with E-state index in [1.165, 1.54) is 19.2 Å². The first kappa shape index (κ1) is 13.0. The van der Waals surface area contributed by atoms with Crippen LogP contribution >= 0.6 is 11.6 Å². The van der Waals surface area contributed by atoms with Crippen LogP contribution in [0.25, 0.3) is 0 Å². The Bertz CT molecular complexity index is 422. The lowest BCUT2D eigenvalue weighted by Crippen LogP contribution is -2.20. The third-order valence-electron chi connectivity index (χ3n) is 2.25. The molecule has 0 unspecified atom stereocenters. The van der Waals surface area contributed by atoms with Crippen LogP contribution in [0, 0.1) is 5.82 Å². The molecule has 0 aliphatic rings. The third kappa shape index (κ3) is 2.35. The fourth-order valence-electron chi connectivity index (χ4n) is 1.56. The van der Waals surface area contributed by atoms with Crippen LogP contribution in [0.1, 0.15) is 36.7 Å². The predicted molar refractivity (Wildman–Crippen MR) is 61.4 cm³/mol. The van der Waals surface area contributed by atoms with E-state index in [0.29, 0.717) is 0 Å². The summed E-state index contributed by atoms with van der Waals surface area (Å²) in [6, 6.07) is 2.84. The Morgan fingerprint density at radius 3 is 2.38 bits per heavy atom. The zero-order chi connectivity index (χ0) is 12.5. The van der Waals surface area contributed by atoms with E-state index in [2.05, 4.69) is 4.74 Å². The Hall–Kier alpha value is -1.09. The van der Waals surface area contributed by atoms with E-state index in [1.807, 2.05) is 20.8 Å². The summed E-state index contributed by atoms with van der Waals surface area (Å²) in [4.78, 5) is 11.5. The molecule has 0 heterocycles. The number of esters is 1. The monoisotopic (exact) mass is 244 g/mol. The number of ether oxygens (including phenoxy) is 1. The number of hydrogen-bond acceptors (Lipinski definition) is 2.